The number of aromatic nitrogens is 2. The summed E-state index contributed by atoms with van der Waals surface area (Å²) in [7, 11) is 0. The number of hydrazone groups is 1. The SMILES string of the molecule is N#Cc1ccccc1-c1ccc(/C=N/Nc2ncc(F)c(N3CCOCC3)n2)o1. The molecule has 4 rings (SSSR count). The molecule has 8 nitrogen and oxygen atoms in total. The standard InChI is InChI=1S/C20H17FN6O2/c21-17-13-23-20(25-19(17)27-7-9-28-10-8-27)26-24-12-15-5-6-18(29-15)16-4-2-1-3-14(16)11-22/h1-6,12-13H,7-10H2,(H,23,25,26)/b24-12+. The maximum Gasteiger partial charge on any atom is 0.245 e. The Balaban J connectivity index is 1.46. The van der Waals surface area contributed by atoms with Crippen LogP contribution >= 0.6 is 0 Å². The van der Waals surface area contributed by atoms with E-state index >= 15 is 0 Å². The van der Waals surface area contributed by atoms with Crippen LogP contribution in [-0.4, -0.2) is 42.5 Å². The van der Waals surface area contributed by atoms with Crippen LogP contribution in [0.5, 0.6) is 0 Å². The Morgan fingerprint density at radius 3 is 2.86 bits per heavy atom. The summed E-state index contributed by atoms with van der Waals surface area (Å²) < 4.78 is 25.1. The van der Waals surface area contributed by atoms with Gasteiger partial charge in [0.2, 0.25) is 5.95 Å². The van der Waals surface area contributed by atoms with Gasteiger partial charge in [-0.05, 0) is 24.3 Å². The number of ether oxygens (including phenoxy) is 1. The average molecular weight is 392 g/mol. The molecule has 146 valence electrons. The highest BCUT2D eigenvalue weighted by Crippen LogP contribution is 2.25. The molecule has 1 aliphatic rings. The van der Waals surface area contributed by atoms with Crippen molar-refractivity contribution in [3.8, 4) is 17.4 Å². The average Bonchev–Trinajstić information content (AvgIpc) is 3.24. The van der Waals surface area contributed by atoms with E-state index in [1.54, 1.807) is 29.2 Å². The Morgan fingerprint density at radius 2 is 2.03 bits per heavy atom. The molecule has 0 radical (unpaired) electrons. The summed E-state index contributed by atoms with van der Waals surface area (Å²) in [6.07, 6.45) is 2.57. The number of anilines is 2. The second kappa shape index (κ2) is 8.50. The van der Waals surface area contributed by atoms with Crippen LogP contribution in [0, 0.1) is 17.1 Å². The summed E-state index contributed by atoms with van der Waals surface area (Å²) in [6.45, 7) is 2.19. The molecule has 1 fully saturated rings. The Labute approximate surface area is 166 Å². The summed E-state index contributed by atoms with van der Waals surface area (Å²) in [6, 6.07) is 12.8. The second-order valence-electron chi connectivity index (χ2n) is 6.19. The lowest BCUT2D eigenvalue weighted by molar-refractivity contribution is 0.122. The van der Waals surface area contributed by atoms with Crippen LogP contribution in [0.1, 0.15) is 11.3 Å². The molecular weight excluding hydrogens is 375 g/mol. The first-order valence-corrected chi connectivity index (χ1v) is 8.98. The van der Waals surface area contributed by atoms with Crippen LogP contribution in [0.2, 0.25) is 0 Å². The van der Waals surface area contributed by atoms with E-state index in [4.69, 9.17) is 9.15 Å². The lowest BCUT2D eigenvalue weighted by Crippen LogP contribution is -2.37. The molecule has 29 heavy (non-hydrogen) atoms. The first kappa shape index (κ1) is 18.6. The fraction of sp³-hybridized carbons (Fsp3) is 0.200. The van der Waals surface area contributed by atoms with Crippen LogP contribution in [0.3, 0.4) is 0 Å². The van der Waals surface area contributed by atoms with Crippen molar-refractivity contribution in [3.05, 3.63) is 59.7 Å². The van der Waals surface area contributed by atoms with Gasteiger partial charge in [-0.15, -0.1) is 0 Å². The van der Waals surface area contributed by atoms with Crippen LogP contribution in [0.4, 0.5) is 16.2 Å². The Morgan fingerprint density at radius 1 is 1.21 bits per heavy atom. The highest BCUT2D eigenvalue weighted by Gasteiger charge is 2.17. The number of morpholine rings is 1. The molecule has 0 bridgehead atoms. The first-order valence-electron chi connectivity index (χ1n) is 8.98. The Hall–Kier alpha value is -3.77. The molecule has 9 heteroatoms. The third-order valence-electron chi connectivity index (χ3n) is 4.33. The number of hydrogen-bond acceptors (Lipinski definition) is 8. The molecule has 0 atom stereocenters. The normalized spacial score (nSPS) is 14.1. The number of nitriles is 1. The molecule has 0 unspecified atom stereocenters. The molecule has 1 aliphatic heterocycles. The highest BCUT2D eigenvalue weighted by atomic mass is 19.1. The van der Waals surface area contributed by atoms with Crippen LogP contribution in [0.25, 0.3) is 11.3 Å². The van der Waals surface area contributed by atoms with E-state index in [9.17, 15) is 9.65 Å². The predicted octanol–water partition coefficient (Wildman–Crippen LogP) is 3.03. The van der Waals surface area contributed by atoms with Crippen LogP contribution in [-0.2, 0) is 4.74 Å². The molecule has 0 spiro atoms. The fourth-order valence-corrected chi connectivity index (χ4v) is 2.92. The largest absolute Gasteiger partial charge is 0.455 e. The highest BCUT2D eigenvalue weighted by molar-refractivity contribution is 5.78. The lowest BCUT2D eigenvalue weighted by Gasteiger charge is -2.27. The molecule has 0 amide bonds. The topological polar surface area (TPSA) is 99.6 Å². The van der Waals surface area contributed by atoms with Gasteiger partial charge in [-0.3, -0.25) is 0 Å². The maximum atomic E-state index is 14.1. The number of nitrogens with zero attached hydrogens (tertiary/aromatic N) is 5. The molecule has 0 aliphatic carbocycles. The molecule has 1 saturated heterocycles. The molecule has 3 heterocycles. The summed E-state index contributed by atoms with van der Waals surface area (Å²) in [5.41, 5.74) is 3.92. The third-order valence-corrected chi connectivity index (χ3v) is 4.33. The van der Waals surface area contributed by atoms with Gasteiger partial charge >= 0.3 is 0 Å². The van der Waals surface area contributed by atoms with Gasteiger partial charge in [0, 0.05) is 18.7 Å². The van der Waals surface area contributed by atoms with Crippen molar-refractivity contribution in [1.82, 2.24) is 9.97 Å². The van der Waals surface area contributed by atoms with Crippen molar-refractivity contribution < 1.29 is 13.5 Å². The Kier molecular flexibility index (Phi) is 5.45. The molecule has 2 aromatic heterocycles. The molecular formula is C20H17FN6O2. The van der Waals surface area contributed by atoms with Gasteiger partial charge in [-0.25, -0.2) is 14.8 Å². The molecule has 0 saturated carbocycles. The summed E-state index contributed by atoms with van der Waals surface area (Å²) in [5, 5.41) is 13.3. The fourth-order valence-electron chi connectivity index (χ4n) is 2.92. The molecule has 3 aromatic rings. The van der Waals surface area contributed by atoms with Gasteiger partial charge in [0.15, 0.2) is 11.6 Å². The van der Waals surface area contributed by atoms with Gasteiger partial charge in [0.25, 0.3) is 0 Å². The number of hydrogen-bond donors (Lipinski definition) is 1. The number of rotatable bonds is 5. The number of benzene rings is 1. The van der Waals surface area contributed by atoms with E-state index in [0.717, 1.165) is 6.20 Å². The number of furan rings is 1. The lowest BCUT2D eigenvalue weighted by atomic mass is 10.1. The maximum absolute atomic E-state index is 14.1. The first-order chi connectivity index (χ1) is 14.2. The van der Waals surface area contributed by atoms with Crippen molar-refractivity contribution in [2.75, 3.05) is 36.6 Å². The number of nitrogens with one attached hydrogen (secondary N) is 1. The van der Waals surface area contributed by atoms with Crippen LogP contribution < -0.4 is 10.3 Å². The van der Waals surface area contributed by atoms with Crippen molar-refractivity contribution in [2.24, 2.45) is 5.10 Å². The van der Waals surface area contributed by atoms with Gasteiger partial charge in [0.1, 0.15) is 11.5 Å². The zero-order valence-corrected chi connectivity index (χ0v) is 15.4. The van der Waals surface area contributed by atoms with E-state index in [-0.39, 0.29) is 11.8 Å². The van der Waals surface area contributed by atoms with E-state index in [0.29, 0.717) is 49.0 Å². The second-order valence-corrected chi connectivity index (χ2v) is 6.19. The minimum atomic E-state index is -0.492. The smallest absolute Gasteiger partial charge is 0.245 e. The number of halogens is 1. The quantitative estimate of drug-likeness (QED) is 0.526. The monoisotopic (exact) mass is 392 g/mol. The Bertz CT molecular complexity index is 1070. The van der Waals surface area contributed by atoms with Crippen molar-refractivity contribution in [1.29, 1.82) is 5.26 Å². The molecule has 1 N–H and O–H groups in total. The predicted molar refractivity (Wildman–Crippen MR) is 105 cm³/mol. The summed E-state index contributed by atoms with van der Waals surface area (Å²) in [5.74, 6) is 0.945. The summed E-state index contributed by atoms with van der Waals surface area (Å²) in [4.78, 5) is 9.91. The van der Waals surface area contributed by atoms with Gasteiger partial charge in [-0.2, -0.15) is 15.3 Å². The van der Waals surface area contributed by atoms with E-state index < -0.39 is 5.82 Å². The van der Waals surface area contributed by atoms with E-state index in [1.807, 2.05) is 12.1 Å². The minimum absolute atomic E-state index is 0.172. The summed E-state index contributed by atoms with van der Waals surface area (Å²) >= 11 is 0. The zero-order chi connectivity index (χ0) is 20.1. The van der Waals surface area contributed by atoms with E-state index in [2.05, 4.69) is 26.6 Å². The third kappa shape index (κ3) is 4.23. The van der Waals surface area contributed by atoms with Crippen molar-refractivity contribution in [2.45, 2.75) is 0 Å². The van der Waals surface area contributed by atoms with Gasteiger partial charge in [0.05, 0.1) is 37.3 Å². The van der Waals surface area contributed by atoms with Gasteiger partial charge in [-0.1, -0.05) is 12.1 Å². The van der Waals surface area contributed by atoms with Crippen molar-refractivity contribution >= 4 is 18.0 Å². The van der Waals surface area contributed by atoms with E-state index in [1.165, 1.54) is 6.21 Å². The molecule has 1 aromatic carbocycles. The van der Waals surface area contributed by atoms with Crippen molar-refractivity contribution in [3.63, 3.8) is 0 Å². The zero-order valence-electron chi connectivity index (χ0n) is 15.4. The van der Waals surface area contributed by atoms with Crippen LogP contribution in [0.15, 0.2) is 52.1 Å². The van der Waals surface area contributed by atoms with Gasteiger partial charge < -0.3 is 14.1 Å². The minimum Gasteiger partial charge on any atom is -0.455 e.